The first-order valence-electron chi connectivity index (χ1n) is 8.17. The van der Waals surface area contributed by atoms with Crippen LogP contribution >= 0.6 is 23.5 Å². The van der Waals surface area contributed by atoms with E-state index in [-0.39, 0.29) is 18.2 Å². The number of ketones is 1. The summed E-state index contributed by atoms with van der Waals surface area (Å²) in [6, 6.07) is 11.5. The zero-order chi connectivity index (χ0) is 19.2. The summed E-state index contributed by atoms with van der Waals surface area (Å²) in [5.74, 6) is 0.536. The van der Waals surface area contributed by atoms with Gasteiger partial charge in [0.15, 0.2) is 5.78 Å². The quantitative estimate of drug-likeness (QED) is 0.629. The summed E-state index contributed by atoms with van der Waals surface area (Å²) in [6.45, 7) is 0. The SMILES string of the molecule is COc1cc(CC(=O)C2C=CSN2)ccc1NC(=O)Nc1ccccc1Cl. The highest BCUT2D eigenvalue weighted by atomic mass is 35.5. The number of benzene rings is 2. The standard InChI is InChI=1S/C19H18ClN3O3S/c1-26-18-11-12(10-17(24)15-8-9-27-23-15)6-7-16(18)22-19(25)21-14-5-3-2-4-13(14)20/h2-9,11,15,23H,10H2,1H3,(H2,21,22,25). The Bertz CT molecular complexity index is 888. The first-order valence-corrected chi connectivity index (χ1v) is 9.42. The van der Waals surface area contributed by atoms with Crippen LogP contribution in [0.1, 0.15) is 5.56 Å². The molecule has 1 aliphatic rings. The summed E-state index contributed by atoms with van der Waals surface area (Å²) in [4.78, 5) is 24.5. The van der Waals surface area contributed by atoms with Crippen molar-refractivity contribution in [2.45, 2.75) is 12.5 Å². The summed E-state index contributed by atoms with van der Waals surface area (Å²) in [7, 11) is 1.51. The molecule has 1 heterocycles. The van der Waals surface area contributed by atoms with Gasteiger partial charge in [-0.1, -0.05) is 47.8 Å². The molecular weight excluding hydrogens is 386 g/mol. The molecule has 6 nitrogen and oxygen atoms in total. The maximum Gasteiger partial charge on any atom is 0.323 e. The third-order valence-corrected chi connectivity index (χ3v) is 4.91. The van der Waals surface area contributed by atoms with Gasteiger partial charge in [-0.3, -0.25) is 4.79 Å². The lowest BCUT2D eigenvalue weighted by molar-refractivity contribution is -0.118. The van der Waals surface area contributed by atoms with Crippen LogP contribution in [0.5, 0.6) is 5.75 Å². The fourth-order valence-corrected chi connectivity index (χ4v) is 3.40. The summed E-state index contributed by atoms with van der Waals surface area (Å²) >= 11 is 7.44. The van der Waals surface area contributed by atoms with Crippen LogP contribution < -0.4 is 20.1 Å². The van der Waals surface area contributed by atoms with Gasteiger partial charge in [0.1, 0.15) is 5.75 Å². The lowest BCUT2D eigenvalue weighted by Crippen LogP contribution is -2.28. The molecule has 0 bridgehead atoms. The third kappa shape index (κ3) is 5.03. The van der Waals surface area contributed by atoms with Crippen LogP contribution in [-0.2, 0) is 11.2 Å². The molecule has 8 heteroatoms. The van der Waals surface area contributed by atoms with E-state index >= 15 is 0 Å². The van der Waals surface area contributed by atoms with Gasteiger partial charge >= 0.3 is 6.03 Å². The van der Waals surface area contributed by atoms with Gasteiger partial charge in [-0.05, 0) is 35.2 Å². The van der Waals surface area contributed by atoms with E-state index in [0.717, 1.165) is 5.56 Å². The number of carbonyl (C=O) groups excluding carboxylic acids is 2. The van der Waals surface area contributed by atoms with Gasteiger partial charge in [0.2, 0.25) is 0 Å². The van der Waals surface area contributed by atoms with Crippen LogP contribution in [0.4, 0.5) is 16.2 Å². The third-order valence-electron chi connectivity index (χ3n) is 3.90. The normalized spacial score (nSPS) is 15.4. The Morgan fingerprint density at radius 2 is 1.96 bits per heavy atom. The highest BCUT2D eigenvalue weighted by Gasteiger charge is 2.19. The highest BCUT2D eigenvalue weighted by molar-refractivity contribution is 8.00. The molecule has 2 amide bonds. The number of hydrogen-bond acceptors (Lipinski definition) is 5. The van der Waals surface area contributed by atoms with Crippen LogP contribution in [0.2, 0.25) is 5.02 Å². The molecule has 0 saturated heterocycles. The Balaban J connectivity index is 1.67. The Labute approximate surface area is 166 Å². The van der Waals surface area contributed by atoms with Crippen LogP contribution in [0.3, 0.4) is 0 Å². The predicted molar refractivity (Wildman–Crippen MR) is 109 cm³/mol. The first kappa shape index (κ1) is 19.3. The lowest BCUT2D eigenvalue weighted by atomic mass is 10.0. The van der Waals surface area contributed by atoms with Gasteiger partial charge < -0.3 is 15.4 Å². The van der Waals surface area contributed by atoms with Gasteiger partial charge in [0.25, 0.3) is 0 Å². The van der Waals surface area contributed by atoms with Crippen molar-refractivity contribution >= 4 is 46.7 Å². The van der Waals surface area contributed by atoms with E-state index < -0.39 is 6.03 Å². The Kier molecular flexibility index (Phi) is 6.39. The Morgan fingerprint density at radius 3 is 2.67 bits per heavy atom. The molecule has 0 spiro atoms. The minimum absolute atomic E-state index is 0.0653. The molecule has 1 aliphatic heterocycles. The molecule has 140 valence electrons. The molecule has 0 fully saturated rings. The molecule has 0 radical (unpaired) electrons. The van der Waals surface area contributed by atoms with E-state index in [0.29, 0.717) is 22.1 Å². The monoisotopic (exact) mass is 403 g/mol. The Hall–Kier alpha value is -2.48. The highest BCUT2D eigenvalue weighted by Crippen LogP contribution is 2.27. The molecule has 3 rings (SSSR count). The van der Waals surface area contributed by atoms with E-state index in [1.165, 1.54) is 19.1 Å². The average Bonchev–Trinajstić information content (AvgIpc) is 3.20. The predicted octanol–water partition coefficient (Wildman–Crippen LogP) is 4.24. The molecule has 2 aromatic carbocycles. The average molecular weight is 404 g/mol. The summed E-state index contributed by atoms with van der Waals surface area (Å²) < 4.78 is 8.37. The number of ether oxygens (including phenoxy) is 1. The number of carbonyl (C=O) groups is 2. The number of amides is 2. The molecule has 2 aromatic rings. The van der Waals surface area contributed by atoms with Crippen molar-refractivity contribution in [3.05, 3.63) is 64.5 Å². The van der Waals surface area contributed by atoms with Crippen LogP contribution in [0, 0.1) is 0 Å². The van der Waals surface area contributed by atoms with E-state index in [4.69, 9.17) is 16.3 Å². The summed E-state index contributed by atoms with van der Waals surface area (Å²) in [5.41, 5.74) is 1.81. The first-order chi connectivity index (χ1) is 13.1. The second-order valence-corrected chi connectivity index (χ2v) is 6.93. The fraction of sp³-hybridized carbons (Fsp3) is 0.158. The largest absolute Gasteiger partial charge is 0.495 e. The van der Waals surface area contributed by atoms with E-state index in [9.17, 15) is 9.59 Å². The van der Waals surface area contributed by atoms with Gasteiger partial charge in [0, 0.05) is 6.42 Å². The minimum atomic E-state index is -0.442. The number of halogens is 1. The molecule has 1 unspecified atom stereocenters. The molecule has 0 saturated carbocycles. The van der Waals surface area contributed by atoms with Crippen molar-refractivity contribution in [3.63, 3.8) is 0 Å². The number of nitrogens with one attached hydrogen (secondary N) is 3. The van der Waals surface area contributed by atoms with Crippen molar-refractivity contribution in [2.24, 2.45) is 0 Å². The molecule has 3 N–H and O–H groups in total. The van der Waals surface area contributed by atoms with Crippen molar-refractivity contribution in [2.75, 3.05) is 17.7 Å². The number of rotatable bonds is 6. The second-order valence-electron chi connectivity index (χ2n) is 5.78. The van der Waals surface area contributed by atoms with E-state index in [2.05, 4.69) is 15.4 Å². The molecule has 0 aliphatic carbocycles. The number of Topliss-reactive ketones (excluding diaryl/α,β-unsaturated/α-hetero) is 1. The van der Waals surface area contributed by atoms with Gasteiger partial charge in [-0.15, -0.1) is 0 Å². The number of para-hydroxylation sites is 1. The Morgan fingerprint density at radius 1 is 1.19 bits per heavy atom. The van der Waals surface area contributed by atoms with Crippen molar-refractivity contribution in [1.29, 1.82) is 0 Å². The maximum absolute atomic E-state index is 12.3. The van der Waals surface area contributed by atoms with Gasteiger partial charge in [-0.25, -0.2) is 9.52 Å². The summed E-state index contributed by atoms with van der Waals surface area (Å²) in [6.07, 6.45) is 2.10. The zero-order valence-corrected chi connectivity index (χ0v) is 16.1. The number of methoxy groups -OCH3 is 1. The van der Waals surface area contributed by atoms with E-state index in [1.807, 2.05) is 11.5 Å². The van der Waals surface area contributed by atoms with Gasteiger partial charge in [0.05, 0.1) is 29.5 Å². The molecule has 27 heavy (non-hydrogen) atoms. The van der Waals surface area contributed by atoms with Crippen LogP contribution in [-0.4, -0.2) is 25.0 Å². The van der Waals surface area contributed by atoms with Crippen molar-refractivity contribution in [1.82, 2.24) is 4.72 Å². The molecular formula is C19H18ClN3O3S. The van der Waals surface area contributed by atoms with Crippen molar-refractivity contribution in [3.8, 4) is 5.75 Å². The fourth-order valence-electron chi connectivity index (χ4n) is 2.54. The maximum atomic E-state index is 12.3. The minimum Gasteiger partial charge on any atom is -0.495 e. The smallest absolute Gasteiger partial charge is 0.323 e. The van der Waals surface area contributed by atoms with Crippen LogP contribution in [0.15, 0.2) is 53.9 Å². The van der Waals surface area contributed by atoms with Crippen molar-refractivity contribution < 1.29 is 14.3 Å². The number of hydrogen-bond donors (Lipinski definition) is 3. The second kappa shape index (κ2) is 8.94. The summed E-state index contributed by atoms with van der Waals surface area (Å²) in [5, 5.41) is 7.71. The molecule has 1 atom stereocenters. The number of anilines is 2. The van der Waals surface area contributed by atoms with Gasteiger partial charge in [-0.2, -0.15) is 0 Å². The topological polar surface area (TPSA) is 79.5 Å². The zero-order valence-electron chi connectivity index (χ0n) is 14.5. The molecule has 0 aromatic heterocycles. The van der Waals surface area contributed by atoms with E-state index in [1.54, 1.807) is 42.5 Å². The lowest BCUT2D eigenvalue weighted by Gasteiger charge is -2.14. The van der Waals surface area contributed by atoms with Crippen LogP contribution in [0.25, 0.3) is 0 Å². The number of urea groups is 1.